The van der Waals surface area contributed by atoms with Gasteiger partial charge in [-0.1, -0.05) is 23.7 Å². The second-order valence-corrected chi connectivity index (χ2v) is 7.27. The van der Waals surface area contributed by atoms with Gasteiger partial charge in [0.15, 0.2) is 0 Å². The fraction of sp³-hybridized carbons (Fsp3) is 0.227. The summed E-state index contributed by atoms with van der Waals surface area (Å²) >= 11 is 6.03. The van der Waals surface area contributed by atoms with Crippen LogP contribution in [0.5, 0.6) is 5.75 Å². The van der Waals surface area contributed by atoms with Gasteiger partial charge in [0.1, 0.15) is 17.9 Å². The summed E-state index contributed by atoms with van der Waals surface area (Å²) in [7, 11) is 1.55. The normalized spacial score (nSPS) is 13.4. The number of aromatic nitrogens is 2. The van der Waals surface area contributed by atoms with Gasteiger partial charge in [0.25, 0.3) is 5.91 Å². The van der Waals surface area contributed by atoms with E-state index >= 15 is 0 Å². The van der Waals surface area contributed by atoms with Gasteiger partial charge < -0.3 is 15.0 Å². The van der Waals surface area contributed by atoms with Gasteiger partial charge in [-0.3, -0.25) is 4.79 Å². The minimum atomic E-state index is -0.238. The van der Waals surface area contributed by atoms with Crippen molar-refractivity contribution in [1.82, 2.24) is 9.97 Å². The van der Waals surface area contributed by atoms with Crippen LogP contribution >= 0.6 is 11.6 Å². The van der Waals surface area contributed by atoms with Crippen LogP contribution in [-0.4, -0.2) is 36.1 Å². The number of hydrogen-bond acceptors (Lipinski definition) is 5. The van der Waals surface area contributed by atoms with Crippen LogP contribution < -0.4 is 15.0 Å². The third kappa shape index (κ3) is 4.32. The fourth-order valence-electron chi connectivity index (χ4n) is 3.39. The number of anilines is 2. The Bertz CT molecular complexity index is 1020. The molecule has 4 rings (SSSR count). The molecule has 1 amide bonds. The van der Waals surface area contributed by atoms with Crippen LogP contribution in [0.1, 0.15) is 23.2 Å². The summed E-state index contributed by atoms with van der Waals surface area (Å²) in [6.07, 6.45) is 3.98. The topological polar surface area (TPSA) is 67.3 Å². The van der Waals surface area contributed by atoms with Gasteiger partial charge in [-0.15, -0.1) is 0 Å². The number of nitrogens with zero attached hydrogens (tertiary/aromatic N) is 3. The van der Waals surface area contributed by atoms with Gasteiger partial charge in [0.05, 0.1) is 18.5 Å². The maximum absolute atomic E-state index is 12.6. The molecule has 1 fully saturated rings. The molecule has 0 unspecified atom stereocenters. The van der Waals surface area contributed by atoms with Crippen LogP contribution in [0, 0.1) is 0 Å². The summed E-state index contributed by atoms with van der Waals surface area (Å²) in [6, 6.07) is 14.4. The number of carbonyl (C=O) groups is 1. The Morgan fingerprint density at radius 1 is 1.07 bits per heavy atom. The van der Waals surface area contributed by atoms with E-state index in [0.717, 1.165) is 30.2 Å². The van der Waals surface area contributed by atoms with Crippen molar-refractivity contribution in [3.05, 3.63) is 65.4 Å². The summed E-state index contributed by atoms with van der Waals surface area (Å²) in [4.78, 5) is 23.7. The average molecular weight is 409 g/mol. The molecule has 148 valence electrons. The highest BCUT2D eigenvalue weighted by Gasteiger charge is 2.15. The lowest BCUT2D eigenvalue weighted by Gasteiger charge is -2.16. The first kappa shape index (κ1) is 19.2. The monoisotopic (exact) mass is 408 g/mol. The molecule has 29 heavy (non-hydrogen) atoms. The Labute approximate surface area is 174 Å². The Balaban J connectivity index is 1.51. The molecule has 0 spiro atoms. The molecule has 2 heterocycles. The highest BCUT2D eigenvalue weighted by molar-refractivity contribution is 6.31. The van der Waals surface area contributed by atoms with Gasteiger partial charge in [-0.25, -0.2) is 9.97 Å². The van der Waals surface area contributed by atoms with Crippen LogP contribution in [0.3, 0.4) is 0 Å². The Kier molecular flexibility index (Phi) is 5.62. The van der Waals surface area contributed by atoms with Crippen LogP contribution in [0.25, 0.3) is 11.3 Å². The number of benzene rings is 2. The summed E-state index contributed by atoms with van der Waals surface area (Å²) in [5.41, 5.74) is 2.83. The number of methoxy groups -OCH3 is 1. The van der Waals surface area contributed by atoms with Crippen LogP contribution in [-0.2, 0) is 0 Å². The van der Waals surface area contributed by atoms with Crippen molar-refractivity contribution in [1.29, 1.82) is 0 Å². The van der Waals surface area contributed by atoms with Gasteiger partial charge in [0.2, 0.25) is 0 Å². The van der Waals surface area contributed by atoms with E-state index < -0.39 is 0 Å². The molecule has 1 aromatic heterocycles. The molecule has 1 aliphatic rings. The van der Waals surface area contributed by atoms with Crippen molar-refractivity contribution in [2.45, 2.75) is 12.8 Å². The van der Waals surface area contributed by atoms with Crippen molar-refractivity contribution in [3.8, 4) is 17.0 Å². The van der Waals surface area contributed by atoms with E-state index in [1.807, 2.05) is 18.2 Å². The van der Waals surface area contributed by atoms with Crippen molar-refractivity contribution >= 4 is 29.0 Å². The van der Waals surface area contributed by atoms with E-state index in [-0.39, 0.29) is 5.91 Å². The lowest BCUT2D eigenvalue weighted by atomic mass is 10.1. The Morgan fingerprint density at radius 2 is 1.83 bits per heavy atom. The smallest absolute Gasteiger partial charge is 0.255 e. The number of carbonyl (C=O) groups excluding carboxylic acids is 1. The first-order chi connectivity index (χ1) is 14.1. The summed E-state index contributed by atoms with van der Waals surface area (Å²) in [6.45, 7) is 2.06. The fourth-order valence-corrected chi connectivity index (χ4v) is 3.56. The van der Waals surface area contributed by atoms with E-state index in [4.69, 9.17) is 16.3 Å². The van der Waals surface area contributed by atoms with E-state index in [9.17, 15) is 4.79 Å². The lowest BCUT2D eigenvalue weighted by molar-refractivity contribution is 0.102. The maximum atomic E-state index is 12.6. The third-order valence-electron chi connectivity index (χ3n) is 4.94. The number of rotatable bonds is 5. The van der Waals surface area contributed by atoms with Gasteiger partial charge in [0, 0.05) is 35.3 Å². The molecule has 0 saturated carbocycles. The van der Waals surface area contributed by atoms with Crippen molar-refractivity contribution in [2.75, 3.05) is 30.4 Å². The van der Waals surface area contributed by atoms with Gasteiger partial charge >= 0.3 is 0 Å². The zero-order chi connectivity index (χ0) is 20.2. The number of ether oxygens (including phenoxy) is 1. The van der Waals surface area contributed by atoms with E-state index in [1.165, 1.54) is 12.8 Å². The van der Waals surface area contributed by atoms with Crippen molar-refractivity contribution in [2.24, 2.45) is 0 Å². The largest absolute Gasteiger partial charge is 0.495 e. The molecular weight excluding hydrogens is 388 g/mol. The van der Waals surface area contributed by atoms with Crippen LogP contribution in [0.15, 0.2) is 54.9 Å². The third-order valence-corrected chi connectivity index (χ3v) is 5.17. The van der Waals surface area contributed by atoms with E-state index in [0.29, 0.717) is 22.0 Å². The average Bonchev–Trinajstić information content (AvgIpc) is 3.29. The zero-order valence-electron chi connectivity index (χ0n) is 16.1. The number of hydrogen-bond donors (Lipinski definition) is 1. The molecule has 1 aliphatic heterocycles. The Hall–Kier alpha value is -3.12. The minimum Gasteiger partial charge on any atom is -0.495 e. The summed E-state index contributed by atoms with van der Waals surface area (Å²) in [5.74, 6) is 1.26. The molecule has 0 bridgehead atoms. The number of halogens is 1. The number of nitrogens with one attached hydrogen (secondary N) is 1. The second-order valence-electron chi connectivity index (χ2n) is 6.83. The summed E-state index contributed by atoms with van der Waals surface area (Å²) in [5, 5.41) is 3.37. The highest BCUT2D eigenvalue weighted by Crippen LogP contribution is 2.28. The molecule has 2 aromatic carbocycles. The molecule has 0 aliphatic carbocycles. The second kappa shape index (κ2) is 8.49. The van der Waals surface area contributed by atoms with E-state index in [1.54, 1.807) is 43.8 Å². The summed E-state index contributed by atoms with van der Waals surface area (Å²) < 4.78 is 5.28. The maximum Gasteiger partial charge on any atom is 0.255 e. The molecule has 1 N–H and O–H groups in total. The molecule has 1 saturated heterocycles. The first-order valence-electron chi connectivity index (χ1n) is 9.46. The standard InChI is InChI=1S/C22H21ClN4O2/c1-29-20-9-8-17(23)12-19(20)26-22(28)16-6-4-15(5-7-16)18-13-21(25-14-24-18)27-10-2-3-11-27/h4-9,12-14H,2-3,10-11H2,1H3,(H,26,28). The van der Waals surface area contributed by atoms with Crippen molar-refractivity contribution in [3.63, 3.8) is 0 Å². The zero-order valence-corrected chi connectivity index (χ0v) is 16.8. The first-order valence-corrected chi connectivity index (χ1v) is 9.84. The quantitative estimate of drug-likeness (QED) is 0.665. The van der Waals surface area contributed by atoms with Crippen LogP contribution in [0.2, 0.25) is 5.02 Å². The molecule has 0 radical (unpaired) electrons. The number of amides is 1. The molecule has 6 nitrogen and oxygen atoms in total. The molecule has 0 atom stereocenters. The molecular formula is C22H21ClN4O2. The molecule has 7 heteroatoms. The minimum absolute atomic E-state index is 0.238. The van der Waals surface area contributed by atoms with Gasteiger partial charge in [-0.2, -0.15) is 0 Å². The lowest BCUT2D eigenvalue weighted by Crippen LogP contribution is -2.19. The predicted octanol–water partition coefficient (Wildman–Crippen LogP) is 4.66. The van der Waals surface area contributed by atoms with Crippen LogP contribution in [0.4, 0.5) is 11.5 Å². The predicted molar refractivity (Wildman–Crippen MR) is 115 cm³/mol. The SMILES string of the molecule is COc1ccc(Cl)cc1NC(=O)c1ccc(-c2cc(N3CCCC3)ncn2)cc1. The van der Waals surface area contributed by atoms with E-state index in [2.05, 4.69) is 20.2 Å². The highest BCUT2D eigenvalue weighted by atomic mass is 35.5. The molecule has 3 aromatic rings. The van der Waals surface area contributed by atoms with Crippen molar-refractivity contribution < 1.29 is 9.53 Å². The Morgan fingerprint density at radius 3 is 2.55 bits per heavy atom. The van der Waals surface area contributed by atoms with Gasteiger partial charge in [-0.05, 0) is 43.2 Å².